The molecule has 21 heavy (non-hydrogen) atoms. The van der Waals surface area contributed by atoms with Gasteiger partial charge in [0.25, 0.3) is 0 Å². The summed E-state index contributed by atoms with van der Waals surface area (Å²) in [6.07, 6.45) is 2.12. The van der Waals surface area contributed by atoms with E-state index in [2.05, 4.69) is 43.0 Å². The van der Waals surface area contributed by atoms with E-state index in [0.717, 1.165) is 6.54 Å². The minimum atomic E-state index is -0.388. The largest absolute Gasteiger partial charge is 0.389 e. The summed E-state index contributed by atoms with van der Waals surface area (Å²) in [6.45, 7) is 9.12. The second kappa shape index (κ2) is 7.92. The van der Waals surface area contributed by atoms with E-state index in [-0.39, 0.29) is 6.10 Å². The third-order valence-corrected chi connectivity index (χ3v) is 4.05. The minimum Gasteiger partial charge on any atom is -0.389 e. The van der Waals surface area contributed by atoms with Gasteiger partial charge in [0.15, 0.2) is 0 Å². The number of benzene rings is 1. The van der Waals surface area contributed by atoms with Crippen molar-refractivity contribution >= 4 is 0 Å². The molecule has 0 bridgehead atoms. The molecule has 1 aromatic carbocycles. The molecule has 0 aliphatic heterocycles. The van der Waals surface area contributed by atoms with Gasteiger partial charge in [-0.3, -0.25) is 4.90 Å². The van der Waals surface area contributed by atoms with Crippen LogP contribution in [-0.2, 0) is 11.3 Å². The van der Waals surface area contributed by atoms with Crippen molar-refractivity contribution in [3.8, 4) is 0 Å². The zero-order valence-electron chi connectivity index (χ0n) is 13.6. The van der Waals surface area contributed by atoms with Crippen molar-refractivity contribution < 1.29 is 9.84 Å². The van der Waals surface area contributed by atoms with E-state index in [1.165, 1.54) is 24.0 Å². The SMILES string of the molecule is CCOCC(O)CN(Cc1ccc(C(C)C)cc1)C1CC1. The van der Waals surface area contributed by atoms with Gasteiger partial charge in [0, 0.05) is 25.7 Å². The second-order valence-corrected chi connectivity index (χ2v) is 6.37. The van der Waals surface area contributed by atoms with Crippen LogP contribution < -0.4 is 0 Å². The zero-order chi connectivity index (χ0) is 15.2. The first-order valence-corrected chi connectivity index (χ1v) is 8.18. The van der Waals surface area contributed by atoms with Gasteiger partial charge in [-0.05, 0) is 36.8 Å². The highest BCUT2D eigenvalue weighted by atomic mass is 16.5. The van der Waals surface area contributed by atoms with Crippen LogP contribution in [0.4, 0.5) is 0 Å². The van der Waals surface area contributed by atoms with Crippen molar-refractivity contribution in [3.63, 3.8) is 0 Å². The van der Waals surface area contributed by atoms with Crippen LogP contribution >= 0.6 is 0 Å². The normalized spacial score (nSPS) is 16.7. The van der Waals surface area contributed by atoms with E-state index in [0.29, 0.717) is 31.7 Å². The molecular weight excluding hydrogens is 262 g/mol. The van der Waals surface area contributed by atoms with Gasteiger partial charge in [0.2, 0.25) is 0 Å². The molecule has 0 radical (unpaired) electrons. The third-order valence-electron chi connectivity index (χ3n) is 4.05. The standard InChI is InChI=1S/C18H29NO2/c1-4-21-13-18(20)12-19(17-9-10-17)11-15-5-7-16(8-6-15)14(2)3/h5-8,14,17-18,20H,4,9-13H2,1-3H3. The smallest absolute Gasteiger partial charge is 0.0900 e. The van der Waals surface area contributed by atoms with Gasteiger partial charge in [0.1, 0.15) is 0 Å². The molecule has 2 rings (SSSR count). The van der Waals surface area contributed by atoms with Crippen LogP contribution in [0.2, 0.25) is 0 Å². The predicted octanol–water partition coefficient (Wildman–Crippen LogP) is 3.17. The van der Waals surface area contributed by atoms with Crippen molar-refractivity contribution in [2.45, 2.75) is 58.2 Å². The Labute approximate surface area is 128 Å². The molecule has 0 amide bonds. The van der Waals surface area contributed by atoms with Crippen molar-refractivity contribution in [1.82, 2.24) is 4.90 Å². The van der Waals surface area contributed by atoms with E-state index in [9.17, 15) is 5.11 Å². The van der Waals surface area contributed by atoms with Gasteiger partial charge in [-0.15, -0.1) is 0 Å². The Morgan fingerprint density at radius 2 is 1.90 bits per heavy atom. The maximum Gasteiger partial charge on any atom is 0.0900 e. The van der Waals surface area contributed by atoms with Crippen LogP contribution in [0, 0.1) is 0 Å². The molecule has 1 saturated carbocycles. The Morgan fingerprint density at radius 1 is 1.24 bits per heavy atom. The lowest BCUT2D eigenvalue weighted by atomic mass is 10.0. The maximum atomic E-state index is 10.1. The lowest BCUT2D eigenvalue weighted by molar-refractivity contribution is 0.0179. The van der Waals surface area contributed by atoms with Crippen LogP contribution in [0.3, 0.4) is 0 Å². The van der Waals surface area contributed by atoms with Gasteiger partial charge in [-0.2, -0.15) is 0 Å². The Kier molecular flexibility index (Phi) is 6.22. The molecule has 1 aromatic rings. The Morgan fingerprint density at radius 3 is 2.43 bits per heavy atom. The molecule has 0 heterocycles. The monoisotopic (exact) mass is 291 g/mol. The molecule has 0 saturated heterocycles. The summed E-state index contributed by atoms with van der Waals surface area (Å²) in [4.78, 5) is 2.40. The topological polar surface area (TPSA) is 32.7 Å². The van der Waals surface area contributed by atoms with Gasteiger partial charge >= 0.3 is 0 Å². The fourth-order valence-electron chi connectivity index (χ4n) is 2.60. The molecule has 1 atom stereocenters. The molecule has 3 heteroatoms. The van der Waals surface area contributed by atoms with Gasteiger partial charge in [0.05, 0.1) is 12.7 Å². The molecule has 0 aromatic heterocycles. The number of aliphatic hydroxyl groups excluding tert-OH is 1. The van der Waals surface area contributed by atoms with Crippen LogP contribution in [-0.4, -0.2) is 41.9 Å². The predicted molar refractivity (Wildman–Crippen MR) is 86.5 cm³/mol. The molecular formula is C18H29NO2. The van der Waals surface area contributed by atoms with Crippen molar-refractivity contribution in [1.29, 1.82) is 0 Å². The summed E-state index contributed by atoms with van der Waals surface area (Å²) < 4.78 is 5.31. The third kappa shape index (κ3) is 5.42. The summed E-state index contributed by atoms with van der Waals surface area (Å²) in [5, 5.41) is 10.1. The van der Waals surface area contributed by atoms with Crippen LogP contribution in [0.15, 0.2) is 24.3 Å². The Hall–Kier alpha value is -0.900. The van der Waals surface area contributed by atoms with Crippen molar-refractivity contribution in [2.75, 3.05) is 19.8 Å². The quantitative estimate of drug-likeness (QED) is 0.758. The number of hydrogen-bond donors (Lipinski definition) is 1. The van der Waals surface area contributed by atoms with Crippen LogP contribution in [0.25, 0.3) is 0 Å². The maximum absolute atomic E-state index is 10.1. The first-order chi connectivity index (χ1) is 10.1. The molecule has 3 nitrogen and oxygen atoms in total. The van der Waals surface area contributed by atoms with Crippen LogP contribution in [0.5, 0.6) is 0 Å². The second-order valence-electron chi connectivity index (χ2n) is 6.37. The van der Waals surface area contributed by atoms with E-state index >= 15 is 0 Å². The number of aliphatic hydroxyl groups is 1. The fourth-order valence-corrected chi connectivity index (χ4v) is 2.60. The molecule has 1 unspecified atom stereocenters. The first kappa shape index (κ1) is 16.5. The summed E-state index contributed by atoms with van der Waals surface area (Å²) in [6, 6.07) is 9.54. The number of ether oxygens (including phenoxy) is 1. The highest BCUT2D eigenvalue weighted by Gasteiger charge is 2.30. The highest BCUT2D eigenvalue weighted by molar-refractivity contribution is 5.24. The lowest BCUT2D eigenvalue weighted by Crippen LogP contribution is -2.36. The summed E-state index contributed by atoms with van der Waals surface area (Å²) in [5.74, 6) is 0.576. The lowest BCUT2D eigenvalue weighted by Gasteiger charge is -2.25. The molecule has 0 spiro atoms. The van der Waals surface area contributed by atoms with Crippen molar-refractivity contribution in [3.05, 3.63) is 35.4 Å². The van der Waals surface area contributed by atoms with E-state index < -0.39 is 0 Å². The van der Waals surface area contributed by atoms with Crippen molar-refractivity contribution in [2.24, 2.45) is 0 Å². The summed E-state index contributed by atoms with van der Waals surface area (Å²) in [5.41, 5.74) is 2.71. The fraction of sp³-hybridized carbons (Fsp3) is 0.667. The number of hydrogen-bond acceptors (Lipinski definition) is 3. The van der Waals surface area contributed by atoms with E-state index in [4.69, 9.17) is 4.74 Å². The number of nitrogens with zero attached hydrogens (tertiary/aromatic N) is 1. The highest BCUT2D eigenvalue weighted by Crippen LogP contribution is 2.28. The van der Waals surface area contributed by atoms with Gasteiger partial charge < -0.3 is 9.84 Å². The molecule has 1 N–H and O–H groups in total. The van der Waals surface area contributed by atoms with E-state index in [1.807, 2.05) is 6.92 Å². The first-order valence-electron chi connectivity index (χ1n) is 8.18. The number of rotatable bonds is 9. The van der Waals surface area contributed by atoms with E-state index in [1.54, 1.807) is 0 Å². The summed E-state index contributed by atoms with van der Waals surface area (Å²) in [7, 11) is 0. The molecule has 1 aliphatic carbocycles. The average molecular weight is 291 g/mol. The van der Waals surface area contributed by atoms with Gasteiger partial charge in [-0.1, -0.05) is 38.1 Å². The molecule has 1 fully saturated rings. The van der Waals surface area contributed by atoms with Crippen LogP contribution in [0.1, 0.15) is 50.7 Å². The average Bonchev–Trinajstić information content (AvgIpc) is 3.29. The van der Waals surface area contributed by atoms with Gasteiger partial charge in [-0.25, -0.2) is 0 Å². The zero-order valence-corrected chi connectivity index (χ0v) is 13.6. The Bertz CT molecular complexity index is 412. The summed E-state index contributed by atoms with van der Waals surface area (Å²) >= 11 is 0. The minimum absolute atomic E-state index is 0.388. The molecule has 118 valence electrons. The molecule has 1 aliphatic rings. The Balaban J connectivity index is 1.90.